The molecule has 0 aliphatic carbocycles. The van der Waals surface area contributed by atoms with Crippen LogP contribution in [0.4, 0.5) is 14.5 Å². The summed E-state index contributed by atoms with van der Waals surface area (Å²) in [6.45, 7) is 5.68. The van der Waals surface area contributed by atoms with Crippen LogP contribution in [0.25, 0.3) is 0 Å². The Morgan fingerprint density at radius 3 is 2.68 bits per heavy atom. The molecular weight excluding hydrogens is 479 g/mol. The molecule has 0 spiro atoms. The summed E-state index contributed by atoms with van der Waals surface area (Å²) in [7, 11) is 0. The molecule has 0 bridgehead atoms. The standard InChI is InChI=1S/C19H27F2N5O.HI/c1-2-22-19(23-12-18(27)25-8-3-4-9-25)24-15-7-10-26(13-15)17-6-5-14(20)11-16(17)21;/h5-6,11,15H,2-4,7-10,12-13H2,1H3,(H2,22,23,24);1H. The maximum absolute atomic E-state index is 14.0. The number of anilines is 1. The zero-order chi connectivity index (χ0) is 19.2. The number of nitrogens with one attached hydrogen (secondary N) is 2. The maximum atomic E-state index is 14.0. The van der Waals surface area contributed by atoms with Crippen LogP contribution in [0.15, 0.2) is 23.2 Å². The van der Waals surface area contributed by atoms with E-state index in [2.05, 4.69) is 15.6 Å². The third kappa shape index (κ3) is 5.92. The molecule has 1 amide bonds. The van der Waals surface area contributed by atoms with Crippen molar-refractivity contribution in [2.24, 2.45) is 4.99 Å². The number of aliphatic imine (C=N–C) groups is 1. The molecule has 0 aromatic heterocycles. The molecule has 1 atom stereocenters. The van der Waals surface area contributed by atoms with E-state index in [0.717, 1.165) is 38.4 Å². The summed E-state index contributed by atoms with van der Waals surface area (Å²) in [5.41, 5.74) is 0.409. The van der Waals surface area contributed by atoms with Crippen LogP contribution in [0.1, 0.15) is 26.2 Å². The lowest BCUT2D eigenvalue weighted by molar-refractivity contribution is -0.128. The van der Waals surface area contributed by atoms with E-state index < -0.39 is 11.6 Å². The van der Waals surface area contributed by atoms with Gasteiger partial charge in [0.05, 0.1) is 5.69 Å². The topological polar surface area (TPSA) is 60.0 Å². The molecule has 2 fully saturated rings. The molecule has 2 aliphatic rings. The van der Waals surface area contributed by atoms with Crippen LogP contribution in [0.5, 0.6) is 0 Å². The Morgan fingerprint density at radius 1 is 1.25 bits per heavy atom. The second-order valence-corrected chi connectivity index (χ2v) is 6.95. The number of halogens is 3. The lowest BCUT2D eigenvalue weighted by Gasteiger charge is -2.21. The van der Waals surface area contributed by atoms with E-state index in [1.54, 1.807) is 0 Å². The van der Waals surface area contributed by atoms with E-state index in [1.165, 1.54) is 12.1 Å². The van der Waals surface area contributed by atoms with Gasteiger partial charge in [-0.15, -0.1) is 24.0 Å². The summed E-state index contributed by atoms with van der Waals surface area (Å²) in [4.78, 5) is 20.3. The number of nitrogens with zero attached hydrogens (tertiary/aromatic N) is 3. The number of guanidine groups is 1. The fourth-order valence-electron chi connectivity index (χ4n) is 3.56. The van der Waals surface area contributed by atoms with Crippen LogP contribution in [0.3, 0.4) is 0 Å². The van der Waals surface area contributed by atoms with Gasteiger partial charge in [-0.05, 0) is 38.3 Å². The lowest BCUT2D eigenvalue weighted by atomic mass is 10.2. The Balaban J connectivity index is 0.00000280. The van der Waals surface area contributed by atoms with Crippen LogP contribution in [0, 0.1) is 11.6 Å². The molecular formula is C19H28F2IN5O. The molecule has 1 aromatic carbocycles. The first-order valence-corrected chi connectivity index (χ1v) is 9.59. The molecule has 9 heteroatoms. The van der Waals surface area contributed by atoms with E-state index in [9.17, 15) is 13.6 Å². The number of benzene rings is 1. The summed E-state index contributed by atoms with van der Waals surface area (Å²) in [6, 6.07) is 3.73. The van der Waals surface area contributed by atoms with Crippen molar-refractivity contribution in [3.63, 3.8) is 0 Å². The SMILES string of the molecule is CCNC(=NCC(=O)N1CCCC1)NC1CCN(c2ccc(F)cc2F)C1.I. The Morgan fingerprint density at radius 2 is 2.00 bits per heavy atom. The minimum Gasteiger partial charge on any atom is -0.367 e. The fourth-order valence-corrected chi connectivity index (χ4v) is 3.56. The maximum Gasteiger partial charge on any atom is 0.244 e. The van der Waals surface area contributed by atoms with Crippen molar-refractivity contribution in [2.75, 3.05) is 44.2 Å². The summed E-state index contributed by atoms with van der Waals surface area (Å²) < 4.78 is 27.1. The quantitative estimate of drug-likeness (QED) is 0.365. The molecule has 6 nitrogen and oxygen atoms in total. The van der Waals surface area contributed by atoms with Gasteiger partial charge in [0.25, 0.3) is 0 Å². The van der Waals surface area contributed by atoms with Gasteiger partial charge in [-0.2, -0.15) is 0 Å². The summed E-state index contributed by atoms with van der Waals surface area (Å²) in [5.74, 6) is -0.482. The third-order valence-electron chi connectivity index (χ3n) is 4.95. The first-order valence-electron chi connectivity index (χ1n) is 9.59. The first-order chi connectivity index (χ1) is 13.1. The van der Waals surface area contributed by atoms with Crippen LogP contribution in [-0.4, -0.2) is 62.1 Å². The smallest absolute Gasteiger partial charge is 0.244 e. The van der Waals surface area contributed by atoms with Crippen LogP contribution in [-0.2, 0) is 4.79 Å². The average molecular weight is 507 g/mol. The minimum atomic E-state index is -0.575. The van der Waals surface area contributed by atoms with Gasteiger partial charge in [-0.25, -0.2) is 13.8 Å². The van der Waals surface area contributed by atoms with Crippen molar-refractivity contribution in [1.82, 2.24) is 15.5 Å². The monoisotopic (exact) mass is 507 g/mol. The Bertz CT molecular complexity index is 697. The average Bonchev–Trinajstić information content (AvgIpc) is 3.31. The van der Waals surface area contributed by atoms with E-state index in [1.807, 2.05) is 16.7 Å². The molecule has 1 aromatic rings. The zero-order valence-corrected chi connectivity index (χ0v) is 18.4. The van der Waals surface area contributed by atoms with Crippen LogP contribution >= 0.6 is 24.0 Å². The van der Waals surface area contributed by atoms with Gasteiger partial charge >= 0.3 is 0 Å². The van der Waals surface area contributed by atoms with Gasteiger partial charge in [0, 0.05) is 44.8 Å². The minimum absolute atomic E-state index is 0. The molecule has 2 saturated heterocycles. The summed E-state index contributed by atoms with van der Waals surface area (Å²) in [6.07, 6.45) is 2.93. The molecule has 2 aliphatic heterocycles. The van der Waals surface area contributed by atoms with Gasteiger partial charge in [-0.3, -0.25) is 4.79 Å². The molecule has 2 heterocycles. The highest BCUT2D eigenvalue weighted by Gasteiger charge is 2.25. The second-order valence-electron chi connectivity index (χ2n) is 6.95. The van der Waals surface area contributed by atoms with Gasteiger partial charge in [0.1, 0.15) is 18.2 Å². The van der Waals surface area contributed by atoms with Crippen molar-refractivity contribution < 1.29 is 13.6 Å². The van der Waals surface area contributed by atoms with E-state index in [4.69, 9.17) is 0 Å². The number of hydrogen-bond donors (Lipinski definition) is 2. The Labute approximate surface area is 181 Å². The highest BCUT2D eigenvalue weighted by molar-refractivity contribution is 14.0. The zero-order valence-electron chi connectivity index (χ0n) is 16.1. The van der Waals surface area contributed by atoms with E-state index >= 15 is 0 Å². The van der Waals surface area contributed by atoms with Gasteiger partial charge < -0.3 is 20.4 Å². The highest BCUT2D eigenvalue weighted by atomic mass is 127. The number of carbonyl (C=O) groups excluding carboxylic acids is 1. The third-order valence-corrected chi connectivity index (χ3v) is 4.95. The Kier molecular flexibility index (Phi) is 8.71. The van der Waals surface area contributed by atoms with Crippen LogP contribution in [0.2, 0.25) is 0 Å². The van der Waals surface area contributed by atoms with Crippen molar-refractivity contribution in [2.45, 2.75) is 32.2 Å². The fraction of sp³-hybridized carbons (Fsp3) is 0.579. The molecule has 3 rings (SSSR count). The largest absolute Gasteiger partial charge is 0.367 e. The van der Waals surface area contributed by atoms with Gasteiger partial charge in [-0.1, -0.05) is 0 Å². The van der Waals surface area contributed by atoms with Gasteiger partial charge in [0.15, 0.2) is 5.96 Å². The normalized spacial score (nSPS) is 19.5. The summed E-state index contributed by atoms with van der Waals surface area (Å²) >= 11 is 0. The highest BCUT2D eigenvalue weighted by Crippen LogP contribution is 2.24. The second kappa shape index (κ2) is 10.8. The molecule has 1 unspecified atom stereocenters. The molecule has 28 heavy (non-hydrogen) atoms. The number of likely N-dealkylation sites (tertiary alicyclic amines) is 1. The number of rotatable bonds is 5. The molecule has 0 saturated carbocycles. The molecule has 0 radical (unpaired) electrons. The molecule has 156 valence electrons. The van der Waals surface area contributed by atoms with Gasteiger partial charge in [0.2, 0.25) is 5.91 Å². The van der Waals surface area contributed by atoms with Crippen molar-refractivity contribution in [3.8, 4) is 0 Å². The molecule has 2 N–H and O–H groups in total. The van der Waals surface area contributed by atoms with Crippen molar-refractivity contribution >= 4 is 41.5 Å². The van der Waals surface area contributed by atoms with Crippen LogP contribution < -0.4 is 15.5 Å². The lowest BCUT2D eigenvalue weighted by Crippen LogP contribution is -2.45. The Hall–Kier alpha value is -1.65. The number of amides is 1. The van der Waals surface area contributed by atoms with Crippen molar-refractivity contribution in [3.05, 3.63) is 29.8 Å². The number of carbonyl (C=O) groups is 1. The van der Waals surface area contributed by atoms with E-state index in [-0.39, 0.29) is 42.5 Å². The van der Waals surface area contributed by atoms with E-state index in [0.29, 0.717) is 31.3 Å². The number of hydrogen-bond acceptors (Lipinski definition) is 3. The predicted molar refractivity (Wildman–Crippen MR) is 117 cm³/mol. The first kappa shape index (κ1) is 22.6. The summed E-state index contributed by atoms with van der Waals surface area (Å²) in [5, 5.41) is 6.48. The predicted octanol–water partition coefficient (Wildman–Crippen LogP) is 2.34. The van der Waals surface area contributed by atoms with Crippen molar-refractivity contribution in [1.29, 1.82) is 0 Å².